The molecule has 3 rings (SSSR count). The van der Waals surface area contributed by atoms with E-state index >= 15 is 0 Å². The minimum absolute atomic E-state index is 0.371. The number of alkyl halides is 1. The second-order valence-corrected chi connectivity index (χ2v) is 5.44. The fraction of sp³-hybridized carbons (Fsp3) is 0.294. The van der Waals surface area contributed by atoms with Gasteiger partial charge in [-0.1, -0.05) is 31.5 Å². The molecular weight excluding hydrogens is 282 g/mol. The van der Waals surface area contributed by atoms with Crippen molar-refractivity contribution in [2.45, 2.75) is 32.6 Å². The summed E-state index contributed by atoms with van der Waals surface area (Å²) in [4.78, 5) is 9.21. The summed E-state index contributed by atoms with van der Waals surface area (Å²) < 4.78 is 2.10. The number of para-hydroxylation sites is 1. The van der Waals surface area contributed by atoms with Crippen molar-refractivity contribution in [3.05, 3.63) is 53.5 Å². The highest BCUT2D eigenvalue weighted by Crippen LogP contribution is 2.25. The van der Waals surface area contributed by atoms with Crippen LogP contribution in [0.3, 0.4) is 0 Å². The van der Waals surface area contributed by atoms with Gasteiger partial charge in [-0.3, -0.25) is 4.57 Å². The molecule has 0 unspecified atom stereocenters. The van der Waals surface area contributed by atoms with Crippen LogP contribution in [0.5, 0.6) is 0 Å². The Balaban J connectivity index is 2.32. The zero-order valence-electron chi connectivity index (χ0n) is 12.3. The van der Waals surface area contributed by atoms with Crippen LogP contribution in [0.2, 0.25) is 0 Å². The fourth-order valence-corrected chi connectivity index (χ4v) is 2.87. The maximum atomic E-state index is 6.12. The molecule has 3 aromatic rings. The molecule has 2 heterocycles. The third-order valence-electron chi connectivity index (χ3n) is 3.69. The maximum absolute atomic E-state index is 6.12. The Hall–Kier alpha value is -1.87. The first-order valence-corrected chi connectivity index (χ1v) is 7.77. The number of pyridine rings is 1. The smallest absolute Gasteiger partial charge is 0.164 e. The van der Waals surface area contributed by atoms with Gasteiger partial charge in [-0.25, -0.2) is 9.97 Å². The van der Waals surface area contributed by atoms with Gasteiger partial charge in [-0.15, -0.1) is 11.6 Å². The molecule has 21 heavy (non-hydrogen) atoms. The number of nitrogens with zero attached hydrogens (tertiary/aromatic N) is 3. The number of halogens is 1. The average molecular weight is 300 g/mol. The lowest BCUT2D eigenvalue weighted by Crippen LogP contribution is -2.04. The Kier molecular flexibility index (Phi) is 3.93. The minimum Gasteiger partial charge on any atom is -0.279 e. The number of hydrogen-bond acceptors (Lipinski definition) is 2. The molecule has 108 valence electrons. The van der Waals surface area contributed by atoms with E-state index in [1.165, 1.54) is 5.56 Å². The first kappa shape index (κ1) is 14.1. The van der Waals surface area contributed by atoms with E-state index in [2.05, 4.69) is 46.6 Å². The van der Waals surface area contributed by atoms with Gasteiger partial charge in [-0.2, -0.15) is 0 Å². The molecule has 0 saturated carbocycles. The van der Waals surface area contributed by atoms with Gasteiger partial charge in [0.25, 0.3) is 0 Å². The Morgan fingerprint density at radius 2 is 2.00 bits per heavy atom. The minimum atomic E-state index is 0.371. The fourth-order valence-electron chi connectivity index (χ4n) is 2.69. The highest BCUT2D eigenvalue weighted by Gasteiger charge is 2.16. The molecule has 0 aliphatic heterocycles. The molecule has 0 aliphatic carbocycles. The van der Waals surface area contributed by atoms with Crippen molar-refractivity contribution in [2.24, 2.45) is 0 Å². The summed E-state index contributed by atoms with van der Waals surface area (Å²) in [5.74, 6) is 1.22. The summed E-state index contributed by atoms with van der Waals surface area (Å²) in [6, 6.07) is 10.4. The lowest BCUT2D eigenvalue weighted by molar-refractivity contribution is 0.886. The lowest BCUT2D eigenvalue weighted by Gasteiger charge is -2.12. The van der Waals surface area contributed by atoms with Crippen LogP contribution in [0.25, 0.3) is 16.9 Å². The van der Waals surface area contributed by atoms with E-state index in [0.717, 1.165) is 41.1 Å². The Bertz CT molecular complexity index is 777. The van der Waals surface area contributed by atoms with Gasteiger partial charge in [0.1, 0.15) is 11.3 Å². The number of fused-ring (bicyclic) bond motifs is 1. The molecule has 0 amide bonds. The number of benzene rings is 1. The monoisotopic (exact) mass is 299 g/mol. The van der Waals surface area contributed by atoms with E-state index in [9.17, 15) is 0 Å². The van der Waals surface area contributed by atoms with Crippen molar-refractivity contribution in [2.75, 3.05) is 0 Å². The summed E-state index contributed by atoms with van der Waals surface area (Å²) in [5.41, 5.74) is 5.37. The van der Waals surface area contributed by atoms with Crippen molar-refractivity contribution in [1.29, 1.82) is 0 Å². The van der Waals surface area contributed by atoms with Gasteiger partial charge in [0.2, 0.25) is 0 Å². The number of rotatable bonds is 4. The number of hydrogen-bond donors (Lipinski definition) is 0. The van der Waals surface area contributed by atoms with Gasteiger partial charge in [-0.05, 0) is 36.6 Å². The first-order chi connectivity index (χ1) is 10.3. The van der Waals surface area contributed by atoms with Crippen molar-refractivity contribution in [3.63, 3.8) is 0 Å². The normalized spacial score (nSPS) is 11.2. The highest BCUT2D eigenvalue weighted by molar-refractivity contribution is 6.17. The summed E-state index contributed by atoms with van der Waals surface area (Å²) in [5, 5.41) is 0. The third-order valence-corrected chi connectivity index (χ3v) is 3.93. The summed E-state index contributed by atoms with van der Waals surface area (Å²) in [6.07, 6.45) is 3.96. The Labute approximate surface area is 129 Å². The van der Waals surface area contributed by atoms with E-state index in [-0.39, 0.29) is 0 Å². The van der Waals surface area contributed by atoms with Crippen molar-refractivity contribution < 1.29 is 0 Å². The van der Waals surface area contributed by atoms with Crippen LogP contribution in [-0.2, 0) is 12.3 Å². The SMILES string of the molecule is CCCc1ccccc1-n1c(CCl)nc2c(C)ccnc21. The lowest BCUT2D eigenvalue weighted by atomic mass is 10.1. The van der Waals surface area contributed by atoms with Crippen LogP contribution in [0, 0.1) is 6.92 Å². The highest BCUT2D eigenvalue weighted by atomic mass is 35.5. The van der Waals surface area contributed by atoms with Gasteiger partial charge in [0.05, 0.1) is 11.6 Å². The van der Waals surface area contributed by atoms with E-state index in [0.29, 0.717) is 5.88 Å². The summed E-state index contributed by atoms with van der Waals surface area (Å²) in [7, 11) is 0. The molecule has 2 aromatic heterocycles. The molecular formula is C17H18ClN3. The van der Waals surface area contributed by atoms with E-state index in [1.807, 2.05) is 18.3 Å². The predicted molar refractivity (Wildman–Crippen MR) is 87.2 cm³/mol. The quantitative estimate of drug-likeness (QED) is 0.668. The van der Waals surface area contributed by atoms with Crippen LogP contribution < -0.4 is 0 Å². The average Bonchev–Trinajstić information content (AvgIpc) is 2.88. The first-order valence-electron chi connectivity index (χ1n) is 7.23. The standard InChI is InChI=1S/C17H18ClN3/c1-3-6-13-7-4-5-8-14(13)21-15(11-18)20-16-12(2)9-10-19-17(16)21/h4-5,7-10H,3,6,11H2,1-2H3. The summed E-state index contributed by atoms with van der Waals surface area (Å²) >= 11 is 6.12. The second kappa shape index (κ2) is 5.86. The van der Waals surface area contributed by atoms with Crippen molar-refractivity contribution >= 4 is 22.8 Å². The molecule has 0 bridgehead atoms. The zero-order chi connectivity index (χ0) is 14.8. The van der Waals surface area contributed by atoms with Crippen molar-refractivity contribution in [3.8, 4) is 5.69 Å². The molecule has 1 aromatic carbocycles. The number of aromatic nitrogens is 3. The van der Waals surface area contributed by atoms with Crippen LogP contribution in [-0.4, -0.2) is 14.5 Å². The second-order valence-electron chi connectivity index (χ2n) is 5.18. The van der Waals surface area contributed by atoms with Gasteiger partial charge < -0.3 is 0 Å². The van der Waals surface area contributed by atoms with Gasteiger partial charge in [0, 0.05) is 6.20 Å². The Morgan fingerprint density at radius 3 is 2.76 bits per heavy atom. The van der Waals surface area contributed by atoms with E-state index < -0.39 is 0 Å². The topological polar surface area (TPSA) is 30.7 Å². The van der Waals surface area contributed by atoms with Crippen LogP contribution in [0.15, 0.2) is 36.5 Å². The summed E-state index contributed by atoms with van der Waals surface area (Å²) in [6.45, 7) is 4.24. The molecule has 3 nitrogen and oxygen atoms in total. The van der Waals surface area contributed by atoms with Crippen molar-refractivity contribution in [1.82, 2.24) is 14.5 Å². The maximum Gasteiger partial charge on any atom is 0.164 e. The van der Waals surface area contributed by atoms with Crippen LogP contribution in [0.4, 0.5) is 0 Å². The predicted octanol–water partition coefficient (Wildman–Crippen LogP) is 4.42. The van der Waals surface area contributed by atoms with Crippen LogP contribution >= 0.6 is 11.6 Å². The van der Waals surface area contributed by atoms with E-state index in [1.54, 1.807) is 0 Å². The molecule has 4 heteroatoms. The van der Waals surface area contributed by atoms with E-state index in [4.69, 9.17) is 11.6 Å². The zero-order valence-corrected chi connectivity index (χ0v) is 13.1. The molecule has 0 atom stereocenters. The molecule has 0 N–H and O–H groups in total. The molecule has 0 aliphatic rings. The Morgan fingerprint density at radius 1 is 1.19 bits per heavy atom. The van der Waals surface area contributed by atoms with Gasteiger partial charge >= 0.3 is 0 Å². The van der Waals surface area contributed by atoms with Gasteiger partial charge in [0.15, 0.2) is 5.65 Å². The molecule has 0 spiro atoms. The van der Waals surface area contributed by atoms with Crippen LogP contribution in [0.1, 0.15) is 30.3 Å². The number of aryl methyl sites for hydroxylation is 2. The largest absolute Gasteiger partial charge is 0.279 e. The molecule has 0 fully saturated rings. The molecule has 0 saturated heterocycles. The number of imidazole rings is 1. The molecule has 0 radical (unpaired) electrons. The third kappa shape index (κ3) is 2.42.